The SMILES string of the molecule is O=C(Cc1ccc(F)cc1)NCCN1C(=O)c2cccnc2C1=O. The van der Waals surface area contributed by atoms with Crippen LogP contribution >= 0.6 is 0 Å². The van der Waals surface area contributed by atoms with Gasteiger partial charge in [0.25, 0.3) is 11.8 Å². The number of nitrogens with one attached hydrogen (secondary N) is 1. The van der Waals surface area contributed by atoms with Crippen molar-refractivity contribution in [2.75, 3.05) is 13.1 Å². The molecule has 0 fully saturated rings. The summed E-state index contributed by atoms with van der Waals surface area (Å²) in [6, 6.07) is 8.78. The fourth-order valence-electron chi connectivity index (χ4n) is 2.47. The van der Waals surface area contributed by atoms with Gasteiger partial charge in [-0.1, -0.05) is 12.1 Å². The third kappa shape index (κ3) is 3.15. The van der Waals surface area contributed by atoms with Gasteiger partial charge in [0.15, 0.2) is 0 Å². The van der Waals surface area contributed by atoms with Crippen LogP contribution in [-0.2, 0) is 11.2 Å². The molecule has 6 nitrogen and oxygen atoms in total. The Labute approximate surface area is 137 Å². The first kappa shape index (κ1) is 15.8. The minimum absolute atomic E-state index is 0.0726. The lowest BCUT2D eigenvalue weighted by molar-refractivity contribution is -0.120. The van der Waals surface area contributed by atoms with Crippen molar-refractivity contribution >= 4 is 17.7 Å². The third-order valence-corrected chi connectivity index (χ3v) is 3.67. The molecule has 0 radical (unpaired) electrons. The number of pyridine rings is 1. The molecule has 0 saturated carbocycles. The monoisotopic (exact) mass is 327 g/mol. The molecule has 1 aliphatic rings. The van der Waals surface area contributed by atoms with Crippen LogP contribution in [0.15, 0.2) is 42.6 Å². The van der Waals surface area contributed by atoms with Gasteiger partial charge in [0.2, 0.25) is 5.91 Å². The highest BCUT2D eigenvalue weighted by molar-refractivity contribution is 6.20. The van der Waals surface area contributed by atoms with Gasteiger partial charge in [-0.05, 0) is 29.8 Å². The average molecular weight is 327 g/mol. The van der Waals surface area contributed by atoms with Crippen molar-refractivity contribution in [3.63, 3.8) is 0 Å². The minimum Gasteiger partial charge on any atom is -0.354 e. The summed E-state index contributed by atoms with van der Waals surface area (Å²) in [4.78, 5) is 41.1. The number of rotatable bonds is 5. The van der Waals surface area contributed by atoms with E-state index in [1.165, 1.54) is 30.5 Å². The van der Waals surface area contributed by atoms with Gasteiger partial charge >= 0.3 is 0 Å². The van der Waals surface area contributed by atoms with Gasteiger partial charge in [-0.25, -0.2) is 4.39 Å². The lowest BCUT2D eigenvalue weighted by Gasteiger charge is -2.13. The van der Waals surface area contributed by atoms with Gasteiger partial charge in [-0.2, -0.15) is 0 Å². The molecule has 0 atom stereocenters. The van der Waals surface area contributed by atoms with E-state index in [1.54, 1.807) is 12.1 Å². The first-order chi connectivity index (χ1) is 11.6. The maximum absolute atomic E-state index is 12.8. The molecule has 1 aromatic heterocycles. The van der Waals surface area contributed by atoms with E-state index >= 15 is 0 Å². The molecular weight excluding hydrogens is 313 g/mol. The molecule has 122 valence electrons. The Kier molecular flexibility index (Phi) is 4.33. The zero-order valence-corrected chi connectivity index (χ0v) is 12.7. The Morgan fingerprint density at radius 3 is 2.58 bits per heavy atom. The number of halogens is 1. The number of benzene rings is 1. The second-order valence-electron chi connectivity index (χ2n) is 5.31. The molecular formula is C17H14FN3O3. The van der Waals surface area contributed by atoms with Gasteiger partial charge in [0.1, 0.15) is 11.5 Å². The van der Waals surface area contributed by atoms with Crippen molar-refractivity contribution in [1.29, 1.82) is 0 Å². The Morgan fingerprint density at radius 1 is 1.12 bits per heavy atom. The van der Waals surface area contributed by atoms with Crippen LogP contribution in [0.1, 0.15) is 26.4 Å². The van der Waals surface area contributed by atoms with Crippen LogP contribution in [0.25, 0.3) is 0 Å². The van der Waals surface area contributed by atoms with E-state index in [-0.39, 0.29) is 42.5 Å². The van der Waals surface area contributed by atoms with Crippen molar-refractivity contribution in [2.45, 2.75) is 6.42 Å². The number of imide groups is 1. The molecule has 1 aromatic carbocycles. The molecule has 0 aliphatic carbocycles. The summed E-state index contributed by atoms with van der Waals surface area (Å²) in [6.07, 6.45) is 1.56. The highest BCUT2D eigenvalue weighted by Gasteiger charge is 2.36. The molecule has 0 unspecified atom stereocenters. The highest BCUT2D eigenvalue weighted by atomic mass is 19.1. The number of nitrogens with zero attached hydrogens (tertiary/aromatic N) is 2. The fourth-order valence-corrected chi connectivity index (χ4v) is 2.47. The lowest BCUT2D eigenvalue weighted by Crippen LogP contribution is -2.38. The predicted octanol–water partition coefficient (Wildman–Crippen LogP) is 1.18. The topological polar surface area (TPSA) is 79.4 Å². The van der Waals surface area contributed by atoms with E-state index in [1.807, 2.05) is 0 Å². The van der Waals surface area contributed by atoms with Crippen molar-refractivity contribution in [2.24, 2.45) is 0 Å². The first-order valence-corrected chi connectivity index (χ1v) is 7.38. The average Bonchev–Trinajstić information content (AvgIpc) is 2.82. The van der Waals surface area contributed by atoms with Crippen LogP contribution in [0.5, 0.6) is 0 Å². The van der Waals surface area contributed by atoms with E-state index in [2.05, 4.69) is 10.3 Å². The summed E-state index contributed by atoms with van der Waals surface area (Å²) in [7, 11) is 0. The summed E-state index contributed by atoms with van der Waals surface area (Å²) in [5, 5.41) is 2.64. The predicted molar refractivity (Wildman–Crippen MR) is 82.7 cm³/mol. The lowest BCUT2D eigenvalue weighted by atomic mass is 10.1. The largest absolute Gasteiger partial charge is 0.354 e. The molecule has 3 amide bonds. The van der Waals surface area contributed by atoms with E-state index in [0.29, 0.717) is 5.56 Å². The molecule has 3 rings (SSSR count). The van der Waals surface area contributed by atoms with Crippen LogP contribution in [0, 0.1) is 5.82 Å². The van der Waals surface area contributed by atoms with Crippen LogP contribution in [0.3, 0.4) is 0 Å². The molecule has 2 heterocycles. The second kappa shape index (κ2) is 6.57. The summed E-state index contributed by atoms with van der Waals surface area (Å²) in [5.74, 6) is -1.49. The number of carbonyl (C=O) groups is 3. The van der Waals surface area contributed by atoms with Crippen LogP contribution in [0.2, 0.25) is 0 Å². The smallest absolute Gasteiger partial charge is 0.280 e. The number of aromatic nitrogens is 1. The molecule has 24 heavy (non-hydrogen) atoms. The highest BCUT2D eigenvalue weighted by Crippen LogP contribution is 2.19. The van der Waals surface area contributed by atoms with E-state index in [9.17, 15) is 18.8 Å². The quantitative estimate of drug-likeness (QED) is 0.836. The van der Waals surface area contributed by atoms with Gasteiger partial charge in [-0.3, -0.25) is 24.3 Å². The molecule has 7 heteroatoms. The summed E-state index contributed by atoms with van der Waals surface area (Å²) in [5.41, 5.74) is 1.10. The van der Waals surface area contributed by atoms with Crippen molar-refractivity contribution < 1.29 is 18.8 Å². The van der Waals surface area contributed by atoms with E-state index in [4.69, 9.17) is 0 Å². The second-order valence-corrected chi connectivity index (χ2v) is 5.31. The number of fused-ring (bicyclic) bond motifs is 1. The zero-order chi connectivity index (χ0) is 17.1. The van der Waals surface area contributed by atoms with Crippen LogP contribution in [0.4, 0.5) is 4.39 Å². The zero-order valence-electron chi connectivity index (χ0n) is 12.7. The third-order valence-electron chi connectivity index (χ3n) is 3.67. The van der Waals surface area contributed by atoms with Crippen molar-refractivity contribution in [3.8, 4) is 0 Å². The van der Waals surface area contributed by atoms with Gasteiger partial charge in [0.05, 0.1) is 12.0 Å². The van der Waals surface area contributed by atoms with Gasteiger partial charge in [-0.15, -0.1) is 0 Å². The Bertz CT molecular complexity index is 770. The summed E-state index contributed by atoms with van der Waals surface area (Å²) in [6.45, 7) is 0.217. The first-order valence-electron chi connectivity index (χ1n) is 7.38. The molecule has 2 aromatic rings. The minimum atomic E-state index is -0.455. The summed E-state index contributed by atoms with van der Waals surface area (Å²) >= 11 is 0. The Hall–Kier alpha value is -3.09. The number of hydrogen-bond donors (Lipinski definition) is 1. The maximum Gasteiger partial charge on any atom is 0.280 e. The van der Waals surface area contributed by atoms with Crippen LogP contribution < -0.4 is 5.32 Å². The molecule has 0 bridgehead atoms. The number of hydrogen-bond acceptors (Lipinski definition) is 4. The number of carbonyl (C=O) groups excluding carboxylic acids is 3. The Morgan fingerprint density at radius 2 is 1.88 bits per heavy atom. The standard InChI is InChI=1S/C17H14FN3O3/c18-12-5-3-11(4-6-12)10-14(22)19-8-9-21-16(23)13-2-1-7-20-15(13)17(21)24/h1-7H,8-10H2,(H,19,22). The van der Waals surface area contributed by atoms with Crippen molar-refractivity contribution in [1.82, 2.24) is 15.2 Å². The number of amides is 3. The molecule has 1 N–H and O–H groups in total. The maximum atomic E-state index is 12.8. The van der Waals surface area contributed by atoms with Crippen molar-refractivity contribution in [3.05, 3.63) is 65.2 Å². The van der Waals surface area contributed by atoms with E-state index in [0.717, 1.165) is 4.90 Å². The van der Waals surface area contributed by atoms with Crippen LogP contribution in [-0.4, -0.2) is 40.7 Å². The normalized spacial score (nSPS) is 13.1. The fraction of sp³-hybridized carbons (Fsp3) is 0.176. The molecule has 0 saturated heterocycles. The molecule has 1 aliphatic heterocycles. The molecule has 0 spiro atoms. The summed E-state index contributed by atoms with van der Waals surface area (Å²) < 4.78 is 12.8. The Balaban J connectivity index is 1.52. The van der Waals surface area contributed by atoms with Gasteiger partial charge in [0, 0.05) is 19.3 Å². The van der Waals surface area contributed by atoms with Gasteiger partial charge < -0.3 is 5.32 Å². The van der Waals surface area contributed by atoms with E-state index < -0.39 is 11.8 Å².